The van der Waals surface area contributed by atoms with E-state index in [1.807, 2.05) is 24.3 Å². The summed E-state index contributed by atoms with van der Waals surface area (Å²) in [6.45, 7) is 2.29. The standard InChI is InChI=1S/C15H21ClN2O2/c1-20-9-7-14(11-2-4-13(16)5-3-11)18-15(19)12-6-8-17-10-12/h2-5,12,14,17H,6-10H2,1H3,(H,18,19)/t12-,14-/m0/s1. The van der Waals surface area contributed by atoms with Crippen LogP contribution in [0.4, 0.5) is 0 Å². The predicted octanol–water partition coefficient (Wildman–Crippen LogP) is 2.14. The fourth-order valence-corrected chi connectivity index (χ4v) is 2.55. The van der Waals surface area contributed by atoms with E-state index in [0.717, 1.165) is 31.5 Å². The summed E-state index contributed by atoms with van der Waals surface area (Å²) in [7, 11) is 1.67. The Balaban J connectivity index is 2.02. The summed E-state index contributed by atoms with van der Waals surface area (Å²) in [5.74, 6) is 0.193. The van der Waals surface area contributed by atoms with E-state index in [1.165, 1.54) is 0 Å². The largest absolute Gasteiger partial charge is 0.385 e. The number of ether oxygens (including phenoxy) is 1. The predicted molar refractivity (Wildman–Crippen MR) is 79.8 cm³/mol. The number of carbonyl (C=O) groups is 1. The van der Waals surface area contributed by atoms with Gasteiger partial charge in [-0.3, -0.25) is 4.79 Å². The van der Waals surface area contributed by atoms with Crippen molar-refractivity contribution in [2.75, 3.05) is 26.8 Å². The van der Waals surface area contributed by atoms with E-state index >= 15 is 0 Å². The van der Waals surface area contributed by atoms with Crippen LogP contribution in [0, 0.1) is 5.92 Å². The molecule has 1 saturated heterocycles. The number of hydrogen-bond acceptors (Lipinski definition) is 3. The first-order valence-corrected chi connectivity index (χ1v) is 7.34. The van der Waals surface area contributed by atoms with E-state index in [9.17, 15) is 4.79 Å². The Morgan fingerprint density at radius 2 is 2.25 bits per heavy atom. The van der Waals surface area contributed by atoms with Crippen LogP contribution in [0.15, 0.2) is 24.3 Å². The lowest BCUT2D eigenvalue weighted by molar-refractivity contribution is -0.125. The molecule has 0 spiro atoms. The molecule has 1 heterocycles. The highest BCUT2D eigenvalue weighted by atomic mass is 35.5. The SMILES string of the molecule is COCC[C@H](NC(=O)[C@H]1CCNC1)c1ccc(Cl)cc1. The minimum absolute atomic E-state index is 0.0275. The van der Waals surface area contributed by atoms with Gasteiger partial charge >= 0.3 is 0 Å². The van der Waals surface area contributed by atoms with Crippen LogP contribution in [0.25, 0.3) is 0 Å². The van der Waals surface area contributed by atoms with Gasteiger partial charge in [0, 0.05) is 25.3 Å². The van der Waals surface area contributed by atoms with Crippen molar-refractivity contribution in [2.45, 2.75) is 18.9 Å². The molecule has 2 rings (SSSR count). The van der Waals surface area contributed by atoms with E-state index in [2.05, 4.69) is 10.6 Å². The Hall–Kier alpha value is -1.10. The molecular formula is C15H21ClN2O2. The van der Waals surface area contributed by atoms with Crippen LogP contribution in [-0.4, -0.2) is 32.7 Å². The van der Waals surface area contributed by atoms with Gasteiger partial charge in [-0.25, -0.2) is 0 Å². The van der Waals surface area contributed by atoms with E-state index in [1.54, 1.807) is 7.11 Å². The number of rotatable bonds is 6. The summed E-state index contributed by atoms with van der Waals surface area (Å²) in [6, 6.07) is 7.58. The first-order chi connectivity index (χ1) is 9.70. The lowest BCUT2D eigenvalue weighted by Crippen LogP contribution is -2.35. The molecule has 0 radical (unpaired) electrons. The third-order valence-electron chi connectivity index (χ3n) is 3.63. The molecule has 1 aromatic rings. The molecule has 0 aromatic heterocycles. The minimum atomic E-state index is -0.0275. The first kappa shape index (κ1) is 15.3. The highest BCUT2D eigenvalue weighted by molar-refractivity contribution is 6.30. The molecule has 110 valence electrons. The molecule has 1 aliphatic rings. The monoisotopic (exact) mass is 296 g/mol. The van der Waals surface area contributed by atoms with Crippen LogP contribution in [0.2, 0.25) is 5.02 Å². The van der Waals surface area contributed by atoms with Gasteiger partial charge in [-0.2, -0.15) is 0 Å². The van der Waals surface area contributed by atoms with Crippen molar-refractivity contribution < 1.29 is 9.53 Å². The maximum absolute atomic E-state index is 12.2. The van der Waals surface area contributed by atoms with E-state index in [-0.39, 0.29) is 17.9 Å². The lowest BCUT2D eigenvalue weighted by atomic mass is 10.0. The maximum atomic E-state index is 12.2. The second-order valence-electron chi connectivity index (χ2n) is 5.08. The van der Waals surface area contributed by atoms with Crippen molar-refractivity contribution >= 4 is 17.5 Å². The number of carbonyl (C=O) groups excluding carboxylic acids is 1. The Kier molecular flexibility index (Phi) is 5.83. The number of halogens is 1. The van der Waals surface area contributed by atoms with Crippen LogP contribution >= 0.6 is 11.6 Å². The molecule has 5 heteroatoms. The van der Waals surface area contributed by atoms with E-state index < -0.39 is 0 Å². The summed E-state index contributed by atoms with van der Waals surface area (Å²) < 4.78 is 5.13. The molecular weight excluding hydrogens is 276 g/mol. The molecule has 0 bridgehead atoms. The van der Waals surface area contributed by atoms with E-state index in [0.29, 0.717) is 11.6 Å². The molecule has 20 heavy (non-hydrogen) atoms. The zero-order chi connectivity index (χ0) is 14.4. The van der Waals surface area contributed by atoms with Gasteiger partial charge in [0.2, 0.25) is 5.91 Å². The average Bonchev–Trinajstić information content (AvgIpc) is 2.98. The van der Waals surface area contributed by atoms with Crippen molar-refractivity contribution in [3.63, 3.8) is 0 Å². The third kappa shape index (κ3) is 4.20. The number of methoxy groups -OCH3 is 1. The van der Waals surface area contributed by atoms with Crippen LogP contribution in [0.5, 0.6) is 0 Å². The van der Waals surface area contributed by atoms with Gasteiger partial charge in [0.25, 0.3) is 0 Å². The second kappa shape index (κ2) is 7.62. The van der Waals surface area contributed by atoms with Crippen molar-refractivity contribution in [3.8, 4) is 0 Å². The van der Waals surface area contributed by atoms with Crippen molar-refractivity contribution in [3.05, 3.63) is 34.9 Å². The first-order valence-electron chi connectivity index (χ1n) is 6.96. The summed E-state index contributed by atoms with van der Waals surface area (Å²) in [4.78, 5) is 12.2. The number of nitrogens with one attached hydrogen (secondary N) is 2. The highest BCUT2D eigenvalue weighted by Crippen LogP contribution is 2.21. The third-order valence-corrected chi connectivity index (χ3v) is 3.88. The maximum Gasteiger partial charge on any atom is 0.224 e. The molecule has 4 nitrogen and oxygen atoms in total. The fourth-order valence-electron chi connectivity index (χ4n) is 2.42. The van der Waals surface area contributed by atoms with Crippen LogP contribution < -0.4 is 10.6 Å². The molecule has 2 atom stereocenters. The lowest BCUT2D eigenvalue weighted by Gasteiger charge is -2.21. The minimum Gasteiger partial charge on any atom is -0.385 e. The van der Waals surface area contributed by atoms with Crippen LogP contribution in [-0.2, 0) is 9.53 Å². The number of amides is 1. The molecule has 1 amide bonds. The second-order valence-corrected chi connectivity index (χ2v) is 5.52. The topological polar surface area (TPSA) is 50.4 Å². The van der Waals surface area contributed by atoms with Crippen molar-refractivity contribution in [1.29, 1.82) is 0 Å². The van der Waals surface area contributed by atoms with Gasteiger partial charge in [-0.15, -0.1) is 0 Å². The zero-order valence-corrected chi connectivity index (χ0v) is 12.5. The molecule has 0 saturated carbocycles. The van der Waals surface area contributed by atoms with Crippen LogP contribution in [0.3, 0.4) is 0 Å². The zero-order valence-electron chi connectivity index (χ0n) is 11.7. The fraction of sp³-hybridized carbons (Fsp3) is 0.533. The Morgan fingerprint density at radius 1 is 1.50 bits per heavy atom. The summed E-state index contributed by atoms with van der Waals surface area (Å²) in [5.41, 5.74) is 1.06. The molecule has 1 aromatic carbocycles. The number of hydrogen-bond donors (Lipinski definition) is 2. The highest BCUT2D eigenvalue weighted by Gasteiger charge is 2.24. The van der Waals surface area contributed by atoms with Gasteiger partial charge in [-0.1, -0.05) is 23.7 Å². The average molecular weight is 297 g/mol. The quantitative estimate of drug-likeness (QED) is 0.846. The normalized spacial score (nSPS) is 19.8. The molecule has 1 fully saturated rings. The van der Waals surface area contributed by atoms with E-state index in [4.69, 9.17) is 16.3 Å². The van der Waals surface area contributed by atoms with Gasteiger partial charge in [-0.05, 0) is 37.1 Å². The van der Waals surface area contributed by atoms with Crippen LogP contribution in [0.1, 0.15) is 24.4 Å². The van der Waals surface area contributed by atoms with Gasteiger partial charge in [0.15, 0.2) is 0 Å². The Bertz CT molecular complexity index is 430. The Morgan fingerprint density at radius 3 is 2.85 bits per heavy atom. The van der Waals surface area contributed by atoms with Gasteiger partial charge < -0.3 is 15.4 Å². The summed E-state index contributed by atoms with van der Waals surface area (Å²) in [6.07, 6.45) is 1.66. The Labute approximate surface area is 124 Å². The van der Waals surface area contributed by atoms with Gasteiger partial charge in [0.1, 0.15) is 0 Å². The number of benzene rings is 1. The molecule has 0 aliphatic carbocycles. The smallest absolute Gasteiger partial charge is 0.224 e. The summed E-state index contributed by atoms with van der Waals surface area (Å²) in [5, 5.41) is 7.04. The molecule has 0 unspecified atom stereocenters. The summed E-state index contributed by atoms with van der Waals surface area (Å²) >= 11 is 5.91. The van der Waals surface area contributed by atoms with Gasteiger partial charge in [0.05, 0.1) is 12.0 Å². The van der Waals surface area contributed by atoms with Crippen molar-refractivity contribution in [1.82, 2.24) is 10.6 Å². The van der Waals surface area contributed by atoms with Crippen molar-refractivity contribution in [2.24, 2.45) is 5.92 Å². The molecule has 1 aliphatic heterocycles. The molecule has 2 N–H and O–H groups in total.